The summed E-state index contributed by atoms with van der Waals surface area (Å²) in [5.74, 6) is -0.264. The molecule has 0 saturated carbocycles. The summed E-state index contributed by atoms with van der Waals surface area (Å²) in [7, 11) is 0. The molecule has 0 unspecified atom stereocenters. The summed E-state index contributed by atoms with van der Waals surface area (Å²) in [6.45, 7) is 0. The van der Waals surface area contributed by atoms with E-state index in [1.54, 1.807) is 6.08 Å². The van der Waals surface area contributed by atoms with Gasteiger partial charge in [0.1, 0.15) is 0 Å². The summed E-state index contributed by atoms with van der Waals surface area (Å²) < 4.78 is 1.01. The number of benzene rings is 1. The number of carbonyl (C=O) groups is 1. The van der Waals surface area contributed by atoms with Gasteiger partial charge in [0.25, 0.3) is 5.91 Å². The summed E-state index contributed by atoms with van der Waals surface area (Å²) >= 11 is 4.54. The molecular formula is C10H7BrN2OS. The Morgan fingerprint density at radius 2 is 2.00 bits per heavy atom. The number of amides is 1. The maximum Gasteiger partial charge on any atom is 0.286 e. The minimum Gasteiger partial charge on any atom is -0.378 e. The van der Waals surface area contributed by atoms with Gasteiger partial charge in [-0.15, -0.1) is 0 Å². The molecule has 1 aliphatic rings. The Hall–Kier alpha value is -1.07. The molecule has 1 aromatic rings. The van der Waals surface area contributed by atoms with Crippen molar-refractivity contribution < 1.29 is 4.79 Å². The van der Waals surface area contributed by atoms with Gasteiger partial charge in [0.05, 0.1) is 4.91 Å². The fourth-order valence-electron chi connectivity index (χ4n) is 1.14. The van der Waals surface area contributed by atoms with E-state index < -0.39 is 0 Å². The van der Waals surface area contributed by atoms with E-state index in [-0.39, 0.29) is 5.91 Å². The Balaban J connectivity index is 2.25. The van der Waals surface area contributed by atoms with E-state index in [2.05, 4.69) is 20.9 Å². The monoisotopic (exact) mass is 282 g/mol. The predicted octanol–water partition coefficient (Wildman–Crippen LogP) is 2.38. The van der Waals surface area contributed by atoms with E-state index in [0.717, 1.165) is 10.0 Å². The molecule has 1 amide bonds. The van der Waals surface area contributed by atoms with Gasteiger partial charge in [-0.2, -0.15) is 4.99 Å². The Kier molecular flexibility index (Phi) is 2.93. The van der Waals surface area contributed by atoms with Crippen LogP contribution in [0.4, 0.5) is 0 Å². The van der Waals surface area contributed by atoms with Crippen LogP contribution >= 0.6 is 27.7 Å². The number of carbonyl (C=O) groups excluding carboxylic acids is 1. The average molecular weight is 283 g/mol. The van der Waals surface area contributed by atoms with Crippen LogP contribution in [-0.2, 0) is 4.79 Å². The molecule has 0 spiro atoms. The second-order valence-corrected chi connectivity index (χ2v) is 4.90. The van der Waals surface area contributed by atoms with Crippen molar-refractivity contribution in [2.45, 2.75) is 0 Å². The van der Waals surface area contributed by atoms with Crippen molar-refractivity contribution in [1.82, 2.24) is 0 Å². The highest BCUT2D eigenvalue weighted by Gasteiger charge is 2.18. The summed E-state index contributed by atoms with van der Waals surface area (Å²) in [4.78, 5) is 15.5. The van der Waals surface area contributed by atoms with Gasteiger partial charge >= 0.3 is 0 Å². The third-order valence-electron chi connectivity index (χ3n) is 1.80. The molecule has 2 N–H and O–H groups in total. The van der Waals surface area contributed by atoms with Gasteiger partial charge in [-0.3, -0.25) is 4.79 Å². The van der Waals surface area contributed by atoms with Crippen LogP contribution in [-0.4, -0.2) is 11.1 Å². The second kappa shape index (κ2) is 4.20. The SMILES string of the molecule is NC1=NC(=O)C(=Cc2ccc(Br)cc2)S1. The van der Waals surface area contributed by atoms with E-state index in [1.165, 1.54) is 11.8 Å². The van der Waals surface area contributed by atoms with Crippen LogP contribution in [0.5, 0.6) is 0 Å². The molecule has 0 aliphatic carbocycles. The van der Waals surface area contributed by atoms with Crippen molar-refractivity contribution in [3.63, 3.8) is 0 Å². The first-order valence-electron chi connectivity index (χ1n) is 4.19. The standard InChI is InChI=1S/C10H7BrN2OS/c11-7-3-1-6(2-4-7)5-8-9(14)13-10(12)15-8/h1-5H,(H2,12,13,14). The maximum atomic E-state index is 11.3. The van der Waals surface area contributed by atoms with Gasteiger partial charge in [0, 0.05) is 4.47 Å². The van der Waals surface area contributed by atoms with Gasteiger partial charge in [0.15, 0.2) is 5.17 Å². The second-order valence-electron chi connectivity index (χ2n) is 2.92. The molecule has 0 bridgehead atoms. The van der Waals surface area contributed by atoms with Crippen molar-refractivity contribution in [2.24, 2.45) is 10.7 Å². The number of nitrogens with two attached hydrogens (primary N) is 1. The molecule has 0 saturated heterocycles. The van der Waals surface area contributed by atoms with E-state index >= 15 is 0 Å². The minimum absolute atomic E-state index is 0.264. The average Bonchev–Trinajstić information content (AvgIpc) is 2.49. The molecule has 5 heteroatoms. The highest BCUT2D eigenvalue weighted by atomic mass is 79.9. The summed E-state index contributed by atoms with van der Waals surface area (Å²) in [6, 6.07) is 7.67. The quantitative estimate of drug-likeness (QED) is 0.805. The molecular weight excluding hydrogens is 276 g/mol. The van der Waals surface area contributed by atoms with Crippen LogP contribution in [0.25, 0.3) is 6.08 Å². The first-order valence-corrected chi connectivity index (χ1v) is 5.80. The number of nitrogens with zero attached hydrogens (tertiary/aromatic N) is 1. The number of hydrogen-bond donors (Lipinski definition) is 1. The summed E-state index contributed by atoms with van der Waals surface area (Å²) in [5.41, 5.74) is 6.39. The van der Waals surface area contributed by atoms with Gasteiger partial charge in [0.2, 0.25) is 0 Å². The summed E-state index contributed by atoms with van der Waals surface area (Å²) in [5, 5.41) is 0.309. The maximum absolute atomic E-state index is 11.3. The van der Waals surface area contributed by atoms with E-state index in [1.807, 2.05) is 24.3 Å². The Bertz CT molecular complexity index is 465. The van der Waals surface area contributed by atoms with Crippen LogP contribution in [0.1, 0.15) is 5.56 Å². The molecule has 0 aromatic heterocycles. The number of thioether (sulfide) groups is 1. The van der Waals surface area contributed by atoms with Crippen molar-refractivity contribution >= 4 is 44.8 Å². The predicted molar refractivity (Wildman–Crippen MR) is 66.3 cm³/mol. The topological polar surface area (TPSA) is 55.4 Å². The Labute approximate surface area is 99.6 Å². The van der Waals surface area contributed by atoms with Gasteiger partial charge < -0.3 is 5.73 Å². The zero-order valence-corrected chi connectivity index (χ0v) is 10.0. The van der Waals surface area contributed by atoms with Crippen LogP contribution in [0.3, 0.4) is 0 Å². The molecule has 2 rings (SSSR count). The molecule has 76 valence electrons. The number of rotatable bonds is 1. The Morgan fingerprint density at radius 3 is 2.53 bits per heavy atom. The van der Waals surface area contributed by atoms with E-state index in [4.69, 9.17) is 5.73 Å². The Morgan fingerprint density at radius 1 is 1.33 bits per heavy atom. The number of hydrogen-bond acceptors (Lipinski definition) is 3. The molecule has 15 heavy (non-hydrogen) atoms. The van der Waals surface area contributed by atoms with E-state index in [0.29, 0.717) is 10.1 Å². The number of aliphatic imine (C=N–C) groups is 1. The number of amidine groups is 1. The van der Waals surface area contributed by atoms with Crippen LogP contribution in [0.2, 0.25) is 0 Å². The fraction of sp³-hybridized carbons (Fsp3) is 0. The summed E-state index contributed by atoms with van der Waals surface area (Å²) in [6.07, 6.45) is 1.78. The van der Waals surface area contributed by atoms with Gasteiger partial charge in [-0.05, 0) is 35.5 Å². The first kappa shape index (κ1) is 10.4. The zero-order chi connectivity index (χ0) is 10.8. The van der Waals surface area contributed by atoms with Gasteiger partial charge in [-0.25, -0.2) is 0 Å². The molecule has 1 aromatic carbocycles. The molecule has 0 fully saturated rings. The third kappa shape index (κ3) is 2.49. The number of halogens is 1. The lowest BCUT2D eigenvalue weighted by atomic mass is 10.2. The van der Waals surface area contributed by atoms with Gasteiger partial charge in [-0.1, -0.05) is 28.1 Å². The van der Waals surface area contributed by atoms with Crippen molar-refractivity contribution in [3.8, 4) is 0 Å². The van der Waals surface area contributed by atoms with Crippen molar-refractivity contribution in [2.75, 3.05) is 0 Å². The zero-order valence-electron chi connectivity index (χ0n) is 7.61. The highest BCUT2D eigenvalue weighted by Crippen LogP contribution is 2.26. The normalized spacial score (nSPS) is 18.3. The smallest absolute Gasteiger partial charge is 0.286 e. The highest BCUT2D eigenvalue weighted by molar-refractivity contribution is 9.10. The van der Waals surface area contributed by atoms with Crippen LogP contribution in [0.15, 0.2) is 38.6 Å². The molecule has 1 aliphatic heterocycles. The lowest BCUT2D eigenvalue weighted by Crippen LogP contribution is -2.01. The largest absolute Gasteiger partial charge is 0.378 e. The van der Waals surface area contributed by atoms with Crippen molar-refractivity contribution in [1.29, 1.82) is 0 Å². The first-order chi connectivity index (χ1) is 7.15. The molecule has 0 atom stereocenters. The minimum atomic E-state index is -0.264. The van der Waals surface area contributed by atoms with Crippen molar-refractivity contribution in [3.05, 3.63) is 39.2 Å². The molecule has 3 nitrogen and oxygen atoms in total. The molecule has 1 heterocycles. The lowest BCUT2D eigenvalue weighted by Gasteiger charge is -1.95. The van der Waals surface area contributed by atoms with Crippen LogP contribution in [0, 0.1) is 0 Å². The van der Waals surface area contributed by atoms with Crippen LogP contribution < -0.4 is 5.73 Å². The fourth-order valence-corrected chi connectivity index (χ4v) is 2.08. The third-order valence-corrected chi connectivity index (χ3v) is 3.15. The molecule has 0 radical (unpaired) electrons. The van der Waals surface area contributed by atoms with E-state index in [9.17, 15) is 4.79 Å². The lowest BCUT2D eigenvalue weighted by molar-refractivity contribution is -0.113.